The molecule has 1 saturated heterocycles. The molecule has 0 aromatic carbocycles. The number of aliphatic carboxylic acids is 1. The molecule has 2 atom stereocenters. The Labute approximate surface area is 207 Å². The fourth-order valence-electron chi connectivity index (χ4n) is 3.61. The molecular formula is C21H21N6O6S2+. The summed E-state index contributed by atoms with van der Waals surface area (Å²) in [5.41, 5.74) is 0.542. The number of pyridine rings is 1. The van der Waals surface area contributed by atoms with E-state index in [-0.39, 0.29) is 28.8 Å². The first-order valence-electron chi connectivity index (χ1n) is 10.5. The third-order valence-electron chi connectivity index (χ3n) is 5.12. The number of amides is 3. The van der Waals surface area contributed by atoms with E-state index in [1.165, 1.54) is 22.0 Å². The van der Waals surface area contributed by atoms with Crippen molar-refractivity contribution >= 4 is 58.1 Å². The van der Waals surface area contributed by atoms with E-state index in [4.69, 9.17) is 4.84 Å². The lowest BCUT2D eigenvalue weighted by atomic mass is 10.0. The first kappa shape index (κ1) is 24.3. The molecule has 0 bridgehead atoms. The van der Waals surface area contributed by atoms with Gasteiger partial charge in [-0.2, -0.15) is 0 Å². The van der Waals surface area contributed by atoms with Crippen molar-refractivity contribution in [2.75, 3.05) is 17.7 Å². The molecule has 4 heterocycles. The number of oxime groups is 1. The van der Waals surface area contributed by atoms with Crippen molar-refractivity contribution in [3.63, 3.8) is 0 Å². The number of nitrogens with one attached hydrogen (secondary N) is 2. The zero-order valence-electron chi connectivity index (χ0n) is 18.4. The molecule has 2 aromatic heterocycles. The Hall–Kier alpha value is -3.78. The van der Waals surface area contributed by atoms with Gasteiger partial charge in [0.2, 0.25) is 6.41 Å². The Balaban J connectivity index is 1.52. The number of hydrogen-bond acceptors (Lipinski definition) is 9. The summed E-state index contributed by atoms with van der Waals surface area (Å²) >= 11 is 2.47. The molecule has 0 spiro atoms. The van der Waals surface area contributed by atoms with E-state index in [0.717, 1.165) is 11.3 Å². The van der Waals surface area contributed by atoms with E-state index in [2.05, 4.69) is 20.8 Å². The Kier molecular flexibility index (Phi) is 7.41. The number of β-lactam (4-membered cyclic amide) rings is 1. The Morgan fingerprint density at radius 3 is 2.83 bits per heavy atom. The predicted octanol–water partition coefficient (Wildman–Crippen LogP) is 0.178. The quantitative estimate of drug-likeness (QED) is 0.133. The van der Waals surface area contributed by atoms with Crippen LogP contribution in [-0.2, 0) is 30.6 Å². The minimum absolute atomic E-state index is 0.0621. The fourth-order valence-corrected chi connectivity index (χ4v) is 5.60. The highest BCUT2D eigenvalue weighted by molar-refractivity contribution is 8.00. The molecule has 0 saturated carbocycles. The van der Waals surface area contributed by atoms with Gasteiger partial charge in [-0.05, 0) is 6.92 Å². The number of fused-ring (bicyclic) bond motifs is 1. The highest BCUT2D eigenvalue weighted by Crippen LogP contribution is 2.40. The van der Waals surface area contributed by atoms with Crippen LogP contribution < -0.4 is 15.2 Å². The van der Waals surface area contributed by atoms with Crippen LogP contribution in [0.15, 0.2) is 52.4 Å². The summed E-state index contributed by atoms with van der Waals surface area (Å²) in [4.78, 5) is 59.1. The lowest BCUT2D eigenvalue weighted by molar-refractivity contribution is -0.689. The first-order valence-corrected chi connectivity index (χ1v) is 12.4. The van der Waals surface area contributed by atoms with Crippen molar-refractivity contribution in [3.05, 3.63) is 52.9 Å². The van der Waals surface area contributed by atoms with E-state index in [9.17, 15) is 24.3 Å². The summed E-state index contributed by atoms with van der Waals surface area (Å²) in [6.45, 7) is 2.22. The molecule has 35 heavy (non-hydrogen) atoms. The molecule has 2 aromatic rings. The van der Waals surface area contributed by atoms with Gasteiger partial charge in [0.15, 0.2) is 29.8 Å². The Morgan fingerprint density at radius 1 is 1.37 bits per heavy atom. The normalized spacial score (nSPS) is 19.5. The van der Waals surface area contributed by atoms with Crippen LogP contribution in [0.25, 0.3) is 0 Å². The maximum atomic E-state index is 13.0. The summed E-state index contributed by atoms with van der Waals surface area (Å²) in [7, 11) is 0. The SMILES string of the molecule is CCON=C(C(=O)NC1C(=O)N2C(C(=O)O)=C(C[n+]3ccccc3)CS[C@H]12)c1csc(NC=O)n1. The van der Waals surface area contributed by atoms with E-state index in [1.54, 1.807) is 6.92 Å². The standard InChI is InChI=1S/C21H20N6O6S2/c1-2-33-25-14(13-10-35-21(23-13)22-11-28)17(29)24-15-18(30)27-16(20(31)32)12(9-34-19(15)27)8-26-6-4-3-5-7-26/h3-7,10-11,15,19H,2,8-9H2,1H3,(H2-,22,23,24,28,29,31,32)/p+1/t15?,19-/m1/s1. The van der Waals surface area contributed by atoms with E-state index < -0.39 is 29.2 Å². The smallest absolute Gasteiger partial charge is 0.352 e. The minimum Gasteiger partial charge on any atom is -0.477 e. The molecule has 4 rings (SSSR count). The van der Waals surface area contributed by atoms with Gasteiger partial charge in [0, 0.05) is 28.8 Å². The average Bonchev–Trinajstić information content (AvgIpc) is 3.31. The monoisotopic (exact) mass is 517 g/mol. The molecule has 12 nitrogen and oxygen atoms in total. The molecule has 3 amide bonds. The summed E-state index contributed by atoms with van der Waals surface area (Å²) in [6, 6.07) is 4.59. The van der Waals surface area contributed by atoms with Gasteiger partial charge in [-0.1, -0.05) is 11.2 Å². The van der Waals surface area contributed by atoms with Gasteiger partial charge in [-0.3, -0.25) is 19.3 Å². The Bertz CT molecular complexity index is 1210. The van der Waals surface area contributed by atoms with Gasteiger partial charge in [0.25, 0.3) is 11.8 Å². The van der Waals surface area contributed by atoms with Gasteiger partial charge in [0.05, 0.1) is 0 Å². The van der Waals surface area contributed by atoms with E-state index >= 15 is 0 Å². The number of carbonyl (C=O) groups is 4. The van der Waals surface area contributed by atoms with Gasteiger partial charge in [-0.25, -0.2) is 14.3 Å². The molecule has 1 unspecified atom stereocenters. The molecular weight excluding hydrogens is 496 g/mol. The van der Waals surface area contributed by atoms with Crippen molar-refractivity contribution in [1.82, 2.24) is 15.2 Å². The second-order valence-electron chi connectivity index (χ2n) is 7.32. The van der Waals surface area contributed by atoms with Crippen LogP contribution >= 0.6 is 23.1 Å². The maximum Gasteiger partial charge on any atom is 0.352 e. The number of thioether (sulfide) groups is 1. The van der Waals surface area contributed by atoms with Crippen molar-refractivity contribution in [2.45, 2.75) is 24.9 Å². The van der Waals surface area contributed by atoms with Crippen LogP contribution in [0, 0.1) is 0 Å². The second kappa shape index (κ2) is 10.7. The third-order valence-corrected chi connectivity index (χ3v) is 7.23. The molecule has 2 aliphatic heterocycles. The van der Waals surface area contributed by atoms with E-state index in [0.29, 0.717) is 24.3 Å². The van der Waals surface area contributed by atoms with Crippen molar-refractivity contribution in [2.24, 2.45) is 5.16 Å². The van der Waals surface area contributed by atoms with Crippen molar-refractivity contribution in [3.8, 4) is 0 Å². The number of hydrogen-bond donors (Lipinski definition) is 3. The summed E-state index contributed by atoms with van der Waals surface area (Å²) in [5.74, 6) is -2.04. The lowest BCUT2D eigenvalue weighted by Gasteiger charge is -2.49. The van der Waals surface area contributed by atoms with Crippen molar-refractivity contribution < 1.29 is 33.7 Å². The van der Waals surface area contributed by atoms with Gasteiger partial charge < -0.3 is 20.6 Å². The number of rotatable bonds is 10. The number of aromatic nitrogens is 2. The molecule has 3 N–H and O–H groups in total. The van der Waals surface area contributed by atoms with Crippen LogP contribution in [0.4, 0.5) is 5.13 Å². The molecule has 0 aliphatic carbocycles. The Morgan fingerprint density at radius 2 is 2.14 bits per heavy atom. The van der Waals surface area contributed by atoms with Crippen molar-refractivity contribution in [1.29, 1.82) is 0 Å². The molecule has 2 aliphatic rings. The van der Waals surface area contributed by atoms with E-state index in [1.807, 2.05) is 35.2 Å². The second-order valence-corrected chi connectivity index (χ2v) is 9.29. The topological polar surface area (TPSA) is 154 Å². The number of carboxylic acid groups (broad SMARTS) is 1. The molecule has 182 valence electrons. The zero-order valence-corrected chi connectivity index (χ0v) is 20.0. The average molecular weight is 518 g/mol. The fraction of sp³-hybridized carbons (Fsp3) is 0.286. The number of nitrogens with zero attached hydrogens (tertiary/aromatic N) is 4. The zero-order chi connectivity index (χ0) is 24.9. The van der Waals surface area contributed by atoms with Crippen LogP contribution in [0.1, 0.15) is 12.6 Å². The predicted molar refractivity (Wildman–Crippen MR) is 126 cm³/mol. The number of carbonyl (C=O) groups excluding carboxylic acids is 3. The number of carboxylic acids is 1. The van der Waals surface area contributed by atoms with Crippen LogP contribution in [0.2, 0.25) is 0 Å². The summed E-state index contributed by atoms with van der Waals surface area (Å²) < 4.78 is 1.83. The van der Waals surface area contributed by atoms with Crippen LogP contribution in [0.3, 0.4) is 0 Å². The van der Waals surface area contributed by atoms with Gasteiger partial charge in [0.1, 0.15) is 29.4 Å². The van der Waals surface area contributed by atoms with Crippen LogP contribution in [-0.4, -0.2) is 68.7 Å². The third kappa shape index (κ3) is 5.02. The first-order chi connectivity index (χ1) is 16.9. The summed E-state index contributed by atoms with van der Waals surface area (Å²) in [6.07, 6.45) is 4.10. The molecule has 1 fully saturated rings. The number of anilines is 1. The maximum absolute atomic E-state index is 13.0. The highest BCUT2D eigenvalue weighted by Gasteiger charge is 2.54. The minimum atomic E-state index is -1.20. The largest absolute Gasteiger partial charge is 0.477 e. The van der Waals surface area contributed by atoms with Gasteiger partial charge >= 0.3 is 5.97 Å². The van der Waals surface area contributed by atoms with Gasteiger partial charge in [-0.15, -0.1) is 23.1 Å². The molecule has 0 radical (unpaired) electrons. The number of thiazole rings is 1. The lowest BCUT2D eigenvalue weighted by Crippen LogP contribution is -2.71. The summed E-state index contributed by atoms with van der Waals surface area (Å²) in [5, 5.41) is 19.9. The molecule has 14 heteroatoms. The van der Waals surface area contributed by atoms with Crippen LogP contribution in [0.5, 0.6) is 0 Å². The highest BCUT2D eigenvalue weighted by atomic mass is 32.2.